The smallest absolute Gasteiger partial charge is 0.260 e. The van der Waals surface area contributed by atoms with Gasteiger partial charge in [0.25, 0.3) is 5.91 Å². The van der Waals surface area contributed by atoms with Gasteiger partial charge in [-0.05, 0) is 55.6 Å². The van der Waals surface area contributed by atoms with Crippen molar-refractivity contribution in [2.24, 2.45) is 0 Å². The second-order valence-electron chi connectivity index (χ2n) is 6.94. The molecule has 2 fully saturated rings. The van der Waals surface area contributed by atoms with Gasteiger partial charge in [-0.15, -0.1) is 0 Å². The number of carbonyl (C=O) groups excluding carboxylic acids is 1. The summed E-state index contributed by atoms with van der Waals surface area (Å²) in [5.41, 5.74) is 2.46. The fourth-order valence-corrected chi connectivity index (χ4v) is 4.04. The lowest BCUT2D eigenvalue weighted by Gasteiger charge is -2.42. The summed E-state index contributed by atoms with van der Waals surface area (Å²) >= 11 is 0. The molecule has 0 atom stereocenters. The summed E-state index contributed by atoms with van der Waals surface area (Å²) in [6.45, 7) is 5.36. The Labute approximate surface area is 148 Å². The van der Waals surface area contributed by atoms with Crippen molar-refractivity contribution in [1.29, 1.82) is 0 Å². The van der Waals surface area contributed by atoms with Crippen molar-refractivity contribution in [3.05, 3.63) is 29.3 Å². The number of rotatable bonds is 3. The third kappa shape index (κ3) is 3.52. The summed E-state index contributed by atoms with van der Waals surface area (Å²) in [7, 11) is 0. The van der Waals surface area contributed by atoms with Crippen LogP contribution in [-0.2, 0) is 26.3 Å². The van der Waals surface area contributed by atoms with Gasteiger partial charge in [-0.3, -0.25) is 4.79 Å². The third-order valence-electron chi connectivity index (χ3n) is 5.45. The zero-order chi connectivity index (χ0) is 17.1. The number of morpholine rings is 1. The SMILES string of the molecule is O=C(COc1ccc2c(c1)CCOC21CCNCC1)N1CCOCC1. The van der Waals surface area contributed by atoms with Crippen LogP contribution in [0.15, 0.2) is 18.2 Å². The zero-order valence-corrected chi connectivity index (χ0v) is 14.6. The summed E-state index contributed by atoms with van der Waals surface area (Å²) in [6, 6.07) is 6.20. The number of fused-ring (bicyclic) bond motifs is 2. The highest BCUT2D eigenvalue weighted by Gasteiger charge is 2.38. The Morgan fingerprint density at radius 3 is 2.80 bits per heavy atom. The second kappa shape index (κ2) is 7.32. The average Bonchev–Trinajstić information content (AvgIpc) is 2.67. The monoisotopic (exact) mass is 346 g/mol. The van der Waals surface area contributed by atoms with E-state index in [0.29, 0.717) is 26.3 Å². The Kier molecular flexibility index (Phi) is 4.92. The van der Waals surface area contributed by atoms with E-state index in [1.807, 2.05) is 6.07 Å². The van der Waals surface area contributed by atoms with E-state index in [9.17, 15) is 4.79 Å². The predicted molar refractivity (Wildman–Crippen MR) is 92.8 cm³/mol. The molecule has 2 saturated heterocycles. The van der Waals surface area contributed by atoms with Crippen molar-refractivity contribution in [3.63, 3.8) is 0 Å². The Balaban J connectivity index is 1.43. The number of carbonyl (C=O) groups is 1. The predicted octanol–water partition coefficient (Wildman–Crippen LogP) is 1.08. The molecule has 1 aromatic carbocycles. The van der Waals surface area contributed by atoms with E-state index in [4.69, 9.17) is 14.2 Å². The lowest BCUT2D eigenvalue weighted by Crippen LogP contribution is -2.44. The molecule has 1 amide bonds. The molecule has 3 aliphatic rings. The number of benzene rings is 1. The maximum Gasteiger partial charge on any atom is 0.260 e. The maximum absolute atomic E-state index is 12.2. The van der Waals surface area contributed by atoms with Crippen molar-refractivity contribution in [2.75, 3.05) is 52.6 Å². The molecule has 6 nitrogen and oxygen atoms in total. The Hall–Kier alpha value is -1.63. The number of piperidine rings is 1. The second-order valence-corrected chi connectivity index (χ2v) is 6.94. The molecule has 0 saturated carbocycles. The fraction of sp³-hybridized carbons (Fsp3) is 0.632. The van der Waals surface area contributed by atoms with Crippen molar-refractivity contribution in [2.45, 2.75) is 24.9 Å². The van der Waals surface area contributed by atoms with Crippen LogP contribution < -0.4 is 10.1 Å². The average molecular weight is 346 g/mol. The first-order valence-electron chi connectivity index (χ1n) is 9.23. The molecule has 136 valence electrons. The summed E-state index contributed by atoms with van der Waals surface area (Å²) in [6.07, 6.45) is 2.92. The molecule has 0 unspecified atom stereocenters. The van der Waals surface area contributed by atoms with Crippen LogP contribution in [0, 0.1) is 0 Å². The van der Waals surface area contributed by atoms with Gasteiger partial charge in [-0.1, -0.05) is 6.07 Å². The largest absolute Gasteiger partial charge is 0.484 e. The molecule has 0 bridgehead atoms. The van der Waals surface area contributed by atoms with E-state index in [1.54, 1.807) is 4.90 Å². The molecule has 4 rings (SSSR count). The molecule has 6 heteroatoms. The quantitative estimate of drug-likeness (QED) is 0.887. The highest BCUT2D eigenvalue weighted by molar-refractivity contribution is 5.77. The number of nitrogens with one attached hydrogen (secondary N) is 1. The third-order valence-corrected chi connectivity index (χ3v) is 5.45. The van der Waals surface area contributed by atoms with E-state index in [-0.39, 0.29) is 18.1 Å². The van der Waals surface area contributed by atoms with Crippen LogP contribution in [0.25, 0.3) is 0 Å². The van der Waals surface area contributed by atoms with Gasteiger partial charge in [0.2, 0.25) is 0 Å². The minimum atomic E-state index is -0.138. The lowest BCUT2D eigenvalue weighted by molar-refractivity contribution is -0.137. The highest BCUT2D eigenvalue weighted by Crippen LogP contribution is 2.41. The Bertz CT molecular complexity index is 622. The maximum atomic E-state index is 12.2. The summed E-state index contributed by atoms with van der Waals surface area (Å²) in [5, 5.41) is 3.41. The molecule has 1 N–H and O–H groups in total. The van der Waals surface area contributed by atoms with Gasteiger partial charge < -0.3 is 24.4 Å². The minimum absolute atomic E-state index is 0.0270. The van der Waals surface area contributed by atoms with E-state index < -0.39 is 0 Å². The molecule has 0 aliphatic carbocycles. The topological polar surface area (TPSA) is 60.0 Å². The van der Waals surface area contributed by atoms with Gasteiger partial charge >= 0.3 is 0 Å². The van der Waals surface area contributed by atoms with Crippen molar-refractivity contribution in [3.8, 4) is 5.75 Å². The van der Waals surface area contributed by atoms with Gasteiger partial charge in [0.15, 0.2) is 6.61 Å². The molecule has 1 aromatic rings. The Morgan fingerprint density at radius 1 is 1.20 bits per heavy atom. The van der Waals surface area contributed by atoms with Crippen molar-refractivity contribution < 1.29 is 19.0 Å². The first-order valence-corrected chi connectivity index (χ1v) is 9.23. The zero-order valence-electron chi connectivity index (χ0n) is 14.6. The van der Waals surface area contributed by atoms with E-state index in [0.717, 1.165) is 44.7 Å². The number of hydrogen-bond acceptors (Lipinski definition) is 5. The molecule has 0 aromatic heterocycles. The normalized spacial score (nSPS) is 22.5. The number of amides is 1. The van der Waals surface area contributed by atoms with Crippen LogP contribution in [0.3, 0.4) is 0 Å². The molecular weight excluding hydrogens is 320 g/mol. The molecule has 1 spiro atoms. The molecule has 3 aliphatic heterocycles. The van der Waals surface area contributed by atoms with Gasteiger partial charge in [0.1, 0.15) is 5.75 Å². The Morgan fingerprint density at radius 2 is 2.00 bits per heavy atom. The van der Waals surface area contributed by atoms with Gasteiger partial charge in [0, 0.05) is 13.1 Å². The van der Waals surface area contributed by atoms with Crippen LogP contribution in [-0.4, -0.2) is 63.4 Å². The number of hydrogen-bond donors (Lipinski definition) is 1. The van der Waals surface area contributed by atoms with Crippen LogP contribution in [0.5, 0.6) is 5.75 Å². The van der Waals surface area contributed by atoms with Crippen LogP contribution in [0.4, 0.5) is 0 Å². The molecule has 3 heterocycles. The van der Waals surface area contributed by atoms with Gasteiger partial charge in [0.05, 0.1) is 25.4 Å². The van der Waals surface area contributed by atoms with E-state index >= 15 is 0 Å². The van der Waals surface area contributed by atoms with Gasteiger partial charge in [-0.2, -0.15) is 0 Å². The summed E-state index contributed by atoms with van der Waals surface area (Å²) < 4.78 is 17.3. The number of ether oxygens (including phenoxy) is 3. The molecule has 0 radical (unpaired) electrons. The van der Waals surface area contributed by atoms with Crippen molar-refractivity contribution >= 4 is 5.91 Å². The lowest BCUT2D eigenvalue weighted by atomic mass is 9.80. The van der Waals surface area contributed by atoms with Crippen molar-refractivity contribution in [1.82, 2.24) is 10.2 Å². The summed E-state index contributed by atoms with van der Waals surface area (Å²) in [5.74, 6) is 0.797. The van der Waals surface area contributed by atoms with E-state index in [1.165, 1.54) is 11.1 Å². The minimum Gasteiger partial charge on any atom is -0.484 e. The molecule has 25 heavy (non-hydrogen) atoms. The van der Waals surface area contributed by atoms with Gasteiger partial charge in [-0.25, -0.2) is 0 Å². The van der Waals surface area contributed by atoms with Crippen LogP contribution in [0.1, 0.15) is 24.0 Å². The fourth-order valence-electron chi connectivity index (χ4n) is 4.04. The standard InChI is InChI=1S/C19H26N2O4/c22-18(21-8-11-23-12-9-21)14-24-16-1-2-17-15(13-16)3-10-25-19(17)4-6-20-7-5-19/h1-2,13,20H,3-12,14H2. The van der Waals surface area contributed by atoms with Crippen LogP contribution >= 0.6 is 0 Å². The number of nitrogens with zero attached hydrogens (tertiary/aromatic N) is 1. The summed E-state index contributed by atoms with van der Waals surface area (Å²) in [4.78, 5) is 14.0. The first-order chi connectivity index (χ1) is 12.3. The van der Waals surface area contributed by atoms with Crippen LogP contribution in [0.2, 0.25) is 0 Å². The molecular formula is C19H26N2O4. The highest BCUT2D eigenvalue weighted by atomic mass is 16.5. The van der Waals surface area contributed by atoms with E-state index in [2.05, 4.69) is 17.4 Å². The first kappa shape index (κ1) is 16.8.